The summed E-state index contributed by atoms with van der Waals surface area (Å²) < 4.78 is 10.5. The Morgan fingerprint density at radius 2 is 1.84 bits per heavy atom. The Hall–Kier alpha value is -1.48. The fourth-order valence-electron chi connectivity index (χ4n) is 2.42. The third kappa shape index (κ3) is 4.00. The lowest BCUT2D eigenvalue weighted by molar-refractivity contribution is 0.354. The minimum absolute atomic E-state index is 0.788. The first-order valence-corrected chi connectivity index (χ1v) is 6.90. The normalized spacial score (nSPS) is 14.8. The fraction of sp³-hybridized carbons (Fsp3) is 0.500. The van der Waals surface area contributed by atoms with Crippen LogP contribution >= 0.6 is 0 Å². The van der Waals surface area contributed by atoms with Gasteiger partial charge >= 0.3 is 0 Å². The zero-order chi connectivity index (χ0) is 13.5. The molecule has 19 heavy (non-hydrogen) atoms. The van der Waals surface area contributed by atoms with Crippen molar-refractivity contribution in [3.8, 4) is 11.5 Å². The number of hydrogen-bond acceptors (Lipinski definition) is 3. The summed E-state index contributed by atoms with van der Waals surface area (Å²) in [4.78, 5) is 0. The molecule has 0 heterocycles. The van der Waals surface area contributed by atoms with Crippen LogP contribution in [0.3, 0.4) is 0 Å². The van der Waals surface area contributed by atoms with Gasteiger partial charge in [0.2, 0.25) is 0 Å². The molecular formula is C16H23NO2. The van der Waals surface area contributed by atoms with Gasteiger partial charge in [-0.25, -0.2) is 0 Å². The lowest BCUT2D eigenvalue weighted by atomic mass is 10.1. The summed E-state index contributed by atoms with van der Waals surface area (Å²) >= 11 is 0. The van der Waals surface area contributed by atoms with Crippen molar-refractivity contribution in [1.29, 1.82) is 0 Å². The van der Waals surface area contributed by atoms with Gasteiger partial charge < -0.3 is 14.8 Å². The van der Waals surface area contributed by atoms with E-state index in [-0.39, 0.29) is 0 Å². The van der Waals surface area contributed by atoms with E-state index in [4.69, 9.17) is 9.47 Å². The van der Waals surface area contributed by atoms with Crippen LogP contribution in [0, 0.1) is 5.92 Å². The highest BCUT2D eigenvalue weighted by atomic mass is 16.5. The van der Waals surface area contributed by atoms with Crippen molar-refractivity contribution in [2.75, 3.05) is 27.3 Å². The first-order valence-electron chi connectivity index (χ1n) is 6.90. The number of ether oxygens (including phenoxy) is 2. The van der Waals surface area contributed by atoms with Crippen LogP contribution < -0.4 is 14.8 Å². The van der Waals surface area contributed by atoms with Crippen LogP contribution in [-0.2, 0) is 6.42 Å². The van der Waals surface area contributed by atoms with Crippen molar-refractivity contribution >= 4 is 0 Å². The predicted octanol–water partition coefficient (Wildman–Crippen LogP) is 2.80. The second kappa shape index (κ2) is 7.19. The monoisotopic (exact) mass is 261 g/mol. The minimum Gasteiger partial charge on any atom is -0.493 e. The molecule has 0 saturated carbocycles. The average Bonchev–Trinajstić information content (AvgIpc) is 2.96. The summed E-state index contributed by atoms with van der Waals surface area (Å²) in [7, 11) is 3.34. The van der Waals surface area contributed by atoms with E-state index in [9.17, 15) is 0 Å². The van der Waals surface area contributed by atoms with Gasteiger partial charge in [0.1, 0.15) is 0 Å². The Balaban J connectivity index is 1.76. The minimum atomic E-state index is 0.788. The third-order valence-electron chi connectivity index (χ3n) is 3.58. The van der Waals surface area contributed by atoms with Gasteiger partial charge in [-0.05, 0) is 56.0 Å². The van der Waals surface area contributed by atoms with Gasteiger partial charge in [-0.3, -0.25) is 0 Å². The van der Waals surface area contributed by atoms with Crippen LogP contribution in [-0.4, -0.2) is 27.3 Å². The highest BCUT2D eigenvalue weighted by molar-refractivity contribution is 5.42. The van der Waals surface area contributed by atoms with Crippen molar-refractivity contribution in [2.24, 2.45) is 5.92 Å². The Morgan fingerprint density at radius 3 is 2.53 bits per heavy atom. The zero-order valence-electron chi connectivity index (χ0n) is 11.8. The van der Waals surface area contributed by atoms with Crippen LogP contribution in [0.15, 0.2) is 30.4 Å². The molecule has 2 rings (SSSR count). The Kier molecular flexibility index (Phi) is 5.28. The molecule has 3 heteroatoms. The van der Waals surface area contributed by atoms with Crippen molar-refractivity contribution in [3.05, 3.63) is 35.9 Å². The molecule has 1 aliphatic rings. The van der Waals surface area contributed by atoms with Crippen molar-refractivity contribution < 1.29 is 9.47 Å². The van der Waals surface area contributed by atoms with Gasteiger partial charge in [0.25, 0.3) is 0 Å². The second-order valence-electron chi connectivity index (χ2n) is 4.95. The summed E-state index contributed by atoms with van der Waals surface area (Å²) in [5, 5.41) is 3.53. The number of benzene rings is 1. The highest BCUT2D eigenvalue weighted by Gasteiger charge is 2.09. The van der Waals surface area contributed by atoms with Crippen LogP contribution in [0.4, 0.5) is 0 Å². The number of hydrogen-bond donors (Lipinski definition) is 1. The van der Waals surface area contributed by atoms with E-state index >= 15 is 0 Å². The molecular weight excluding hydrogens is 238 g/mol. The standard InChI is InChI=1S/C16H23NO2/c1-18-15-8-7-13(11-16(15)19-2)9-10-17-12-14-5-3-4-6-14/h3-4,7-8,11,14,17H,5-6,9-10,12H2,1-2H3. The van der Waals surface area contributed by atoms with Crippen LogP contribution in [0.25, 0.3) is 0 Å². The average molecular weight is 261 g/mol. The smallest absolute Gasteiger partial charge is 0.160 e. The lowest BCUT2D eigenvalue weighted by Crippen LogP contribution is -2.23. The van der Waals surface area contributed by atoms with Gasteiger partial charge in [-0.1, -0.05) is 18.2 Å². The molecule has 0 fully saturated rings. The molecule has 0 atom stereocenters. The topological polar surface area (TPSA) is 30.5 Å². The number of rotatable bonds is 7. The Labute approximate surface area is 115 Å². The highest BCUT2D eigenvalue weighted by Crippen LogP contribution is 2.27. The molecule has 0 aliphatic heterocycles. The van der Waals surface area contributed by atoms with Crippen LogP contribution in [0.5, 0.6) is 11.5 Å². The van der Waals surface area contributed by atoms with E-state index in [1.54, 1.807) is 14.2 Å². The molecule has 1 aliphatic carbocycles. The van der Waals surface area contributed by atoms with Gasteiger partial charge in [-0.2, -0.15) is 0 Å². The molecule has 1 N–H and O–H groups in total. The summed E-state index contributed by atoms with van der Waals surface area (Å²) in [6.07, 6.45) is 8.02. The van der Waals surface area contributed by atoms with Crippen LogP contribution in [0.2, 0.25) is 0 Å². The third-order valence-corrected chi connectivity index (χ3v) is 3.58. The summed E-state index contributed by atoms with van der Waals surface area (Å²) in [6, 6.07) is 6.12. The Bertz CT molecular complexity index is 421. The molecule has 0 unspecified atom stereocenters. The van der Waals surface area contributed by atoms with Gasteiger partial charge in [0.15, 0.2) is 11.5 Å². The van der Waals surface area contributed by atoms with E-state index in [1.165, 1.54) is 18.4 Å². The molecule has 104 valence electrons. The maximum absolute atomic E-state index is 5.31. The van der Waals surface area contributed by atoms with E-state index in [0.29, 0.717) is 0 Å². The van der Waals surface area contributed by atoms with Crippen molar-refractivity contribution in [2.45, 2.75) is 19.3 Å². The largest absolute Gasteiger partial charge is 0.493 e. The molecule has 0 aromatic heterocycles. The predicted molar refractivity (Wildman–Crippen MR) is 78.0 cm³/mol. The first kappa shape index (κ1) is 13.9. The number of methoxy groups -OCH3 is 2. The van der Waals surface area contributed by atoms with Gasteiger partial charge in [0, 0.05) is 0 Å². The van der Waals surface area contributed by atoms with E-state index in [1.807, 2.05) is 6.07 Å². The molecule has 1 aromatic rings. The van der Waals surface area contributed by atoms with Gasteiger partial charge in [0.05, 0.1) is 14.2 Å². The number of allylic oxidation sites excluding steroid dienone is 2. The molecule has 0 spiro atoms. The lowest BCUT2D eigenvalue weighted by Gasteiger charge is -2.12. The summed E-state index contributed by atoms with van der Waals surface area (Å²) in [6.45, 7) is 2.12. The second-order valence-corrected chi connectivity index (χ2v) is 4.95. The number of nitrogens with one attached hydrogen (secondary N) is 1. The maximum atomic E-state index is 5.31. The van der Waals surface area contributed by atoms with E-state index in [0.717, 1.165) is 36.9 Å². The summed E-state index contributed by atoms with van der Waals surface area (Å²) in [5.41, 5.74) is 1.27. The van der Waals surface area contributed by atoms with Crippen molar-refractivity contribution in [3.63, 3.8) is 0 Å². The quantitative estimate of drug-likeness (QED) is 0.605. The zero-order valence-corrected chi connectivity index (χ0v) is 11.8. The van der Waals surface area contributed by atoms with Crippen molar-refractivity contribution in [1.82, 2.24) is 5.32 Å². The van der Waals surface area contributed by atoms with E-state index in [2.05, 4.69) is 29.6 Å². The molecule has 0 bridgehead atoms. The molecule has 3 nitrogen and oxygen atoms in total. The van der Waals surface area contributed by atoms with Crippen LogP contribution in [0.1, 0.15) is 18.4 Å². The van der Waals surface area contributed by atoms with Gasteiger partial charge in [-0.15, -0.1) is 0 Å². The molecule has 0 saturated heterocycles. The summed E-state index contributed by atoms with van der Waals surface area (Å²) in [5.74, 6) is 2.39. The first-order chi connectivity index (χ1) is 9.33. The molecule has 1 aromatic carbocycles. The molecule has 0 amide bonds. The maximum Gasteiger partial charge on any atom is 0.160 e. The fourth-order valence-corrected chi connectivity index (χ4v) is 2.42. The van der Waals surface area contributed by atoms with E-state index < -0.39 is 0 Å². The SMILES string of the molecule is COc1ccc(CCNCC2CC=CC2)cc1OC. The Morgan fingerprint density at radius 1 is 1.11 bits per heavy atom. The molecule has 0 radical (unpaired) electrons.